The Morgan fingerprint density at radius 2 is 1.52 bits per heavy atom. The third-order valence-electron chi connectivity index (χ3n) is 5.15. The summed E-state index contributed by atoms with van der Waals surface area (Å²) in [5.41, 5.74) is 1.93. The van der Waals surface area contributed by atoms with Crippen LogP contribution in [0.4, 0.5) is 11.4 Å². The van der Waals surface area contributed by atoms with E-state index in [1.165, 1.54) is 12.1 Å². The number of benzene rings is 3. The lowest BCUT2D eigenvalue weighted by molar-refractivity contribution is -0.384. The molecule has 0 aliphatic carbocycles. The van der Waals surface area contributed by atoms with Crippen molar-refractivity contribution >= 4 is 27.1 Å². The van der Waals surface area contributed by atoms with Gasteiger partial charge in [-0.25, -0.2) is 8.42 Å². The van der Waals surface area contributed by atoms with Crippen LogP contribution in [0.25, 0.3) is 0 Å². The predicted octanol–water partition coefficient (Wildman–Crippen LogP) is 3.75. The van der Waals surface area contributed by atoms with Gasteiger partial charge in [0.1, 0.15) is 5.69 Å². The number of nitro groups is 1. The number of amides is 1. The third kappa shape index (κ3) is 6.63. The minimum atomic E-state index is -3.56. The predicted molar refractivity (Wildman–Crippen MR) is 127 cm³/mol. The largest absolute Gasteiger partial charge is 0.378 e. The molecule has 0 aromatic heterocycles. The molecule has 0 fully saturated rings. The lowest BCUT2D eigenvalue weighted by Gasteiger charge is -2.18. The normalized spacial score (nSPS) is 11.2. The molecule has 0 atom stereocenters. The molecule has 0 spiro atoms. The summed E-state index contributed by atoms with van der Waals surface area (Å²) in [7, 11) is -3.56. The van der Waals surface area contributed by atoms with Crippen LogP contribution in [0, 0.1) is 10.1 Å². The van der Waals surface area contributed by atoms with Crippen molar-refractivity contribution < 1.29 is 18.1 Å². The van der Waals surface area contributed by atoms with Gasteiger partial charge in [0.2, 0.25) is 5.91 Å². The van der Waals surface area contributed by atoms with Crippen LogP contribution in [0.2, 0.25) is 0 Å². The van der Waals surface area contributed by atoms with Crippen LogP contribution in [0.5, 0.6) is 0 Å². The van der Waals surface area contributed by atoms with Gasteiger partial charge in [0.05, 0.1) is 9.82 Å². The van der Waals surface area contributed by atoms with Gasteiger partial charge in [0.15, 0.2) is 9.84 Å². The summed E-state index contributed by atoms with van der Waals surface area (Å²) in [5.74, 6) is -0.235. The first-order valence-electron chi connectivity index (χ1n) is 10.3. The van der Waals surface area contributed by atoms with Crippen LogP contribution in [0.15, 0.2) is 83.8 Å². The van der Waals surface area contributed by atoms with E-state index in [1.54, 1.807) is 0 Å². The molecule has 0 saturated carbocycles. The zero-order chi connectivity index (χ0) is 23.8. The van der Waals surface area contributed by atoms with E-state index in [9.17, 15) is 23.3 Å². The Kier molecular flexibility index (Phi) is 7.78. The minimum Gasteiger partial charge on any atom is -0.378 e. The van der Waals surface area contributed by atoms with Crippen LogP contribution >= 0.6 is 0 Å². The fourth-order valence-electron chi connectivity index (χ4n) is 3.50. The molecule has 0 bridgehead atoms. The lowest BCUT2D eigenvalue weighted by atomic mass is 9.88. The van der Waals surface area contributed by atoms with Gasteiger partial charge >= 0.3 is 0 Å². The van der Waals surface area contributed by atoms with Gasteiger partial charge in [-0.2, -0.15) is 0 Å². The second-order valence-electron chi connectivity index (χ2n) is 7.56. The summed E-state index contributed by atoms with van der Waals surface area (Å²) in [6, 6.07) is 23.3. The zero-order valence-corrected chi connectivity index (χ0v) is 18.9. The SMILES string of the molecule is CS(=O)(=O)c1ccc(NCCNC(=O)CC(c2ccccc2)c2ccccc2)c([N+](=O)[O-])c1. The quantitative estimate of drug-likeness (QED) is 0.266. The maximum Gasteiger partial charge on any atom is 0.293 e. The number of sulfone groups is 1. The molecular weight excluding hydrogens is 442 g/mol. The van der Waals surface area contributed by atoms with Gasteiger partial charge < -0.3 is 10.6 Å². The summed E-state index contributed by atoms with van der Waals surface area (Å²) in [6.07, 6.45) is 1.25. The maximum atomic E-state index is 12.6. The first-order valence-corrected chi connectivity index (χ1v) is 12.2. The Balaban J connectivity index is 1.60. The van der Waals surface area contributed by atoms with E-state index in [1.807, 2.05) is 60.7 Å². The molecule has 1 amide bonds. The van der Waals surface area contributed by atoms with E-state index < -0.39 is 14.8 Å². The number of nitrogens with one attached hydrogen (secondary N) is 2. The van der Waals surface area contributed by atoms with E-state index in [0.29, 0.717) is 0 Å². The van der Waals surface area contributed by atoms with Crippen LogP contribution in [0.1, 0.15) is 23.5 Å². The Labute approximate surface area is 192 Å². The van der Waals surface area contributed by atoms with Crippen LogP contribution < -0.4 is 10.6 Å². The van der Waals surface area contributed by atoms with Crippen molar-refractivity contribution in [2.24, 2.45) is 0 Å². The van der Waals surface area contributed by atoms with Crippen molar-refractivity contribution in [3.8, 4) is 0 Å². The van der Waals surface area contributed by atoms with Crippen LogP contribution in [-0.2, 0) is 14.6 Å². The average molecular weight is 468 g/mol. The molecule has 0 aliphatic heterocycles. The van der Waals surface area contributed by atoms with Gasteiger partial charge in [0, 0.05) is 37.8 Å². The van der Waals surface area contributed by atoms with Crippen LogP contribution in [-0.4, -0.2) is 38.6 Å². The second-order valence-corrected chi connectivity index (χ2v) is 9.58. The van der Waals surface area contributed by atoms with Crippen molar-refractivity contribution in [1.29, 1.82) is 0 Å². The second kappa shape index (κ2) is 10.7. The summed E-state index contributed by atoms with van der Waals surface area (Å²) in [5, 5.41) is 17.1. The first-order chi connectivity index (χ1) is 15.8. The van der Waals surface area contributed by atoms with Crippen molar-refractivity contribution in [3.63, 3.8) is 0 Å². The van der Waals surface area contributed by atoms with Crippen molar-refractivity contribution in [3.05, 3.63) is 100 Å². The topological polar surface area (TPSA) is 118 Å². The minimum absolute atomic E-state index is 0.0926. The van der Waals surface area contributed by atoms with Crippen molar-refractivity contribution in [2.75, 3.05) is 24.7 Å². The molecule has 0 heterocycles. The molecule has 3 aromatic rings. The number of carbonyl (C=O) groups excluding carboxylic acids is 1. The zero-order valence-electron chi connectivity index (χ0n) is 18.1. The van der Waals surface area contributed by atoms with Gasteiger partial charge in [0.25, 0.3) is 5.69 Å². The summed E-state index contributed by atoms with van der Waals surface area (Å²) in [4.78, 5) is 23.2. The fourth-order valence-corrected chi connectivity index (χ4v) is 4.14. The van der Waals surface area contributed by atoms with Gasteiger partial charge in [-0.1, -0.05) is 60.7 Å². The van der Waals surface area contributed by atoms with Gasteiger partial charge in [-0.3, -0.25) is 14.9 Å². The summed E-state index contributed by atoms with van der Waals surface area (Å²) in [6.45, 7) is 0.492. The molecule has 0 unspecified atom stereocenters. The molecule has 3 aromatic carbocycles. The maximum absolute atomic E-state index is 12.6. The van der Waals surface area contributed by atoms with E-state index in [4.69, 9.17) is 0 Å². The monoisotopic (exact) mass is 467 g/mol. The fraction of sp³-hybridized carbons (Fsp3) is 0.208. The number of nitro benzene ring substituents is 1. The molecule has 0 radical (unpaired) electrons. The lowest BCUT2D eigenvalue weighted by Crippen LogP contribution is -2.30. The van der Waals surface area contributed by atoms with E-state index in [-0.39, 0.29) is 47.6 Å². The Morgan fingerprint density at radius 3 is 2.03 bits per heavy atom. The van der Waals surface area contributed by atoms with Crippen LogP contribution in [0.3, 0.4) is 0 Å². The van der Waals surface area contributed by atoms with Crippen molar-refractivity contribution in [1.82, 2.24) is 5.32 Å². The summed E-state index contributed by atoms with van der Waals surface area (Å²) < 4.78 is 23.3. The Hall–Kier alpha value is -3.72. The standard InChI is InChI=1S/C24H25N3O5S/c1-33(31,32)20-12-13-22(23(16-20)27(29)30)25-14-15-26-24(28)17-21(18-8-4-2-5-9-18)19-10-6-3-7-11-19/h2-13,16,21,25H,14-15,17H2,1H3,(H,26,28). The van der Waals surface area contributed by atoms with E-state index >= 15 is 0 Å². The van der Waals surface area contributed by atoms with E-state index in [2.05, 4.69) is 10.6 Å². The molecule has 172 valence electrons. The molecule has 3 rings (SSSR count). The molecule has 0 saturated heterocycles. The number of hydrogen-bond acceptors (Lipinski definition) is 6. The molecule has 2 N–H and O–H groups in total. The molecule has 8 nitrogen and oxygen atoms in total. The Morgan fingerprint density at radius 1 is 0.939 bits per heavy atom. The first kappa shape index (κ1) is 23.9. The third-order valence-corrected chi connectivity index (χ3v) is 6.26. The highest BCUT2D eigenvalue weighted by Crippen LogP contribution is 2.28. The van der Waals surface area contributed by atoms with Crippen molar-refractivity contribution in [2.45, 2.75) is 17.2 Å². The smallest absolute Gasteiger partial charge is 0.293 e. The summed E-state index contributed by atoms with van der Waals surface area (Å²) >= 11 is 0. The highest BCUT2D eigenvalue weighted by Gasteiger charge is 2.19. The highest BCUT2D eigenvalue weighted by molar-refractivity contribution is 7.90. The Bertz CT molecular complexity index is 1180. The number of nitrogens with zero attached hydrogens (tertiary/aromatic N) is 1. The average Bonchev–Trinajstić information content (AvgIpc) is 2.80. The number of carbonyl (C=O) groups is 1. The molecular formula is C24H25N3O5S. The van der Waals surface area contributed by atoms with Gasteiger partial charge in [-0.15, -0.1) is 0 Å². The number of rotatable bonds is 10. The van der Waals surface area contributed by atoms with E-state index in [0.717, 1.165) is 23.4 Å². The van der Waals surface area contributed by atoms with Gasteiger partial charge in [-0.05, 0) is 23.3 Å². The number of anilines is 1. The molecule has 0 aliphatic rings. The molecule has 9 heteroatoms. The number of hydrogen-bond donors (Lipinski definition) is 2. The highest BCUT2D eigenvalue weighted by atomic mass is 32.2. The molecule has 33 heavy (non-hydrogen) atoms.